The number of carbonyl (C=O) groups is 1. The molecule has 0 aliphatic rings. The molecule has 0 aliphatic carbocycles. The third kappa shape index (κ3) is 52.2. The molecule has 2 atom stereocenters. The molecule has 64 heavy (non-hydrogen) atoms. The van der Waals surface area contributed by atoms with Crippen molar-refractivity contribution >= 4 is 13.8 Å². The van der Waals surface area contributed by atoms with Gasteiger partial charge in [-0.2, -0.15) is 0 Å². The molecular formula is C55H110NO7P. The molecular weight excluding hydrogens is 818 g/mol. The minimum Gasteiger partial charge on any atom is -0.756 e. The average molecular weight is 928 g/mol. The lowest BCUT2D eigenvalue weighted by Crippen LogP contribution is -2.37. The molecule has 0 amide bonds. The van der Waals surface area contributed by atoms with Crippen molar-refractivity contribution in [2.75, 3.05) is 54.1 Å². The minimum absolute atomic E-state index is 0.0293. The van der Waals surface area contributed by atoms with E-state index in [2.05, 4.69) is 26.0 Å². The van der Waals surface area contributed by atoms with Crippen molar-refractivity contribution in [2.45, 2.75) is 283 Å². The van der Waals surface area contributed by atoms with E-state index in [1.807, 2.05) is 21.1 Å². The molecule has 0 radical (unpaired) electrons. The number of esters is 1. The van der Waals surface area contributed by atoms with Crippen LogP contribution in [0.3, 0.4) is 0 Å². The lowest BCUT2D eigenvalue weighted by atomic mass is 10.0. The van der Waals surface area contributed by atoms with Crippen molar-refractivity contribution < 1.29 is 37.3 Å². The van der Waals surface area contributed by atoms with Crippen LogP contribution in [0, 0.1) is 0 Å². The molecule has 0 fully saturated rings. The molecule has 0 aliphatic heterocycles. The third-order valence-electron chi connectivity index (χ3n) is 12.6. The molecule has 382 valence electrons. The van der Waals surface area contributed by atoms with E-state index < -0.39 is 13.9 Å². The number of rotatable bonds is 53. The number of ether oxygens (including phenoxy) is 2. The summed E-state index contributed by atoms with van der Waals surface area (Å²) in [5.41, 5.74) is 0. The second-order valence-electron chi connectivity index (χ2n) is 20.3. The highest BCUT2D eigenvalue weighted by Crippen LogP contribution is 2.38. The highest BCUT2D eigenvalue weighted by Gasteiger charge is 2.20. The van der Waals surface area contributed by atoms with Crippen molar-refractivity contribution in [2.24, 2.45) is 0 Å². The molecule has 0 aromatic heterocycles. The van der Waals surface area contributed by atoms with E-state index in [4.69, 9.17) is 18.5 Å². The number of allylic oxidation sites excluding steroid dienone is 2. The molecule has 2 unspecified atom stereocenters. The summed E-state index contributed by atoms with van der Waals surface area (Å²) in [6.45, 7) is 5.47. The van der Waals surface area contributed by atoms with Crippen molar-refractivity contribution in [3.8, 4) is 0 Å². The van der Waals surface area contributed by atoms with Gasteiger partial charge in [0.05, 0.1) is 34.4 Å². The predicted molar refractivity (Wildman–Crippen MR) is 273 cm³/mol. The van der Waals surface area contributed by atoms with Crippen LogP contribution in [-0.4, -0.2) is 70.7 Å². The predicted octanol–water partition coefficient (Wildman–Crippen LogP) is 16.7. The van der Waals surface area contributed by atoms with Gasteiger partial charge in [-0.25, -0.2) is 0 Å². The van der Waals surface area contributed by atoms with Gasteiger partial charge in [0.25, 0.3) is 7.82 Å². The fourth-order valence-electron chi connectivity index (χ4n) is 8.25. The zero-order chi connectivity index (χ0) is 46.9. The highest BCUT2D eigenvalue weighted by molar-refractivity contribution is 7.45. The van der Waals surface area contributed by atoms with Gasteiger partial charge in [-0.15, -0.1) is 0 Å². The van der Waals surface area contributed by atoms with E-state index >= 15 is 0 Å². The minimum atomic E-state index is -4.53. The first kappa shape index (κ1) is 63.2. The van der Waals surface area contributed by atoms with Gasteiger partial charge in [0.15, 0.2) is 0 Å². The van der Waals surface area contributed by atoms with E-state index in [-0.39, 0.29) is 25.8 Å². The Kier molecular flexibility index (Phi) is 48.1. The van der Waals surface area contributed by atoms with Crippen molar-refractivity contribution in [1.29, 1.82) is 0 Å². The van der Waals surface area contributed by atoms with E-state index in [0.29, 0.717) is 24.1 Å². The second kappa shape index (κ2) is 48.7. The Morgan fingerprint density at radius 2 is 0.812 bits per heavy atom. The lowest BCUT2D eigenvalue weighted by molar-refractivity contribution is -0.870. The summed E-state index contributed by atoms with van der Waals surface area (Å²) >= 11 is 0. The van der Waals surface area contributed by atoms with Crippen molar-refractivity contribution in [1.82, 2.24) is 0 Å². The van der Waals surface area contributed by atoms with Crippen LogP contribution in [0.4, 0.5) is 0 Å². The van der Waals surface area contributed by atoms with Gasteiger partial charge >= 0.3 is 5.97 Å². The molecule has 0 saturated carbocycles. The summed E-state index contributed by atoms with van der Waals surface area (Å²) in [7, 11) is 1.37. The van der Waals surface area contributed by atoms with Gasteiger partial charge in [0.2, 0.25) is 0 Å². The van der Waals surface area contributed by atoms with E-state index in [0.717, 1.165) is 32.1 Å². The van der Waals surface area contributed by atoms with Gasteiger partial charge in [-0.3, -0.25) is 9.36 Å². The Bertz CT molecular complexity index is 1030. The summed E-state index contributed by atoms with van der Waals surface area (Å²) in [4.78, 5) is 25.2. The number of hydrogen-bond acceptors (Lipinski definition) is 7. The molecule has 9 heteroatoms. The highest BCUT2D eigenvalue weighted by atomic mass is 31.2. The van der Waals surface area contributed by atoms with Crippen LogP contribution in [-0.2, 0) is 27.9 Å². The van der Waals surface area contributed by atoms with Crippen LogP contribution in [0.25, 0.3) is 0 Å². The van der Waals surface area contributed by atoms with E-state index in [1.54, 1.807) is 0 Å². The molecule has 0 saturated heterocycles. The molecule has 0 aromatic rings. The first-order chi connectivity index (χ1) is 31.1. The number of carbonyl (C=O) groups excluding carboxylic acids is 1. The Morgan fingerprint density at radius 3 is 1.19 bits per heavy atom. The fraction of sp³-hybridized carbons (Fsp3) is 0.945. The van der Waals surface area contributed by atoms with E-state index in [1.165, 1.54) is 225 Å². The van der Waals surface area contributed by atoms with Gasteiger partial charge < -0.3 is 27.9 Å². The van der Waals surface area contributed by atoms with Crippen LogP contribution in [0.5, 0.6) is 0 Å². The van der Waals surface area contributed by atoms with Crippen LogP contribution in [0.2, 0.25) is 0 Å². The standard InChI is InChI=1S/C55H110NO7P/c1-6-8-10-12-14-16-18-20-22-24-26-27-28-29-30-31-32-34-36-38-40-42-44-46-48-55(57)63-54(53-62-64(58,59)61-51-49-56(3,4)5)52-60-50-47-45-43-41-39-37-35-33-25-23-21-19-17-15-13-11-9-7-2/h21,23,54H,6-20,22,24-53H2,1-5H3/b23-21-. The number of unbranched alkanes of at least 4 members (excludes halogenated alkanes) is 37. The quantitative estimate of drug-likeness (QED) is 0.0197. The van der Waals surface area contributed by atoms with Crippen LogP contribution >= 0.6 is 7.82 Å². The fourth-order valence-corrected chi connectivity index (χ4v) is 8.98. The molecule has 0 N–H and O–H groups in total. The number of phosphoric acid groups is 1. The SMILES string of the molecule is CCCCCCCC/C=C\CCCCCCCCCCOCC(COP(=O)([O-])OCC[N+](C)(C)C)OC(=O)CCCCCCCCCCCCCCCCCCCCCCCCCC. The summed E-state index contributed by atoms with van der Waals surface area (Å²) in [6, 6.07) is 0. The maximum absolute atomic E-state index is 12.8. The van der Waals surface area contributed by atoms with Crippen LogP contribution < -0.4 is 4.89 Å². The summed E-state index contributed by atoms with van der Waals surface area (Å²) in [6.07, 6.45) is 56.7. The smallest absolute Gasteiger partial charge is 0.306 e. The zero-order valence-corrected chi connectivity index (χ0v) is 44.4. The third-order valence-corrected chi connectivity index (χ3v) is 13.5. The zero-order valence-electron chi connectivity index (χ0n) is 43.5. The number of quaternary nitrogens is 1. The Labute approximate surface area is 399 Å². The Balaban J connectivity index is 4.04. The van der Waals surface area contributed by atoms with E-state index in [9.17, 15) is 14.3 Å². The number of nitrogens with zero attached hydrogens (tertiary/aromatic N) is 1. The van der Waals surface area contributed by atoms with Crippen molar-refractivity contribution in [3.63, 3.8) is 0 Å². The largest absolute Gasteiger partial charge is 0.756 e. The van der Waals surface area contributed by atoms with Gasteiger partial charge in [0.1, 0.15) is 19.3 Å². The topological polar surface area (TPSA) is 94.1 Å². The molecule has 0 spiro atoms. The maximum atomic E-state index is 12.8. The monoisotopic (exact) mass is 928 g/mol. The first-order valence-corrected chi connectivity index (χ1v) is 29.4. The maximum Gasteiger partial charge on any atom is 0.306 e. The molecule has 0 aromatic carbocycles. The number of likely N-dealkylation sites (N-methyl/N-ethyl adjacent to an activating group) is 1. The van der Waals surface area contributed by atoms with Gasteiger partial charge in [0, 0.05) is 13.0 Å². The Morgan fingerprint density at radius 1 is 0.469 bits per heavy atom. The molecule has 0 heterocycles. The van der Waals surface area contributed by atoms with Crippen LogP contribution in [0.15, 0.2) is 12.2 Å². The van der Waals surface area contributed by atoms with Gasteiger partial charge in [-0.1, -0.05) is 244 Å². The number of hydrogen-bond donors (Lipinski definition) is 0. The van der Waals surface area contributed by atoms with Crippen LogP contribution in [0.1, 0.15) is 277 Å². The molecule has 0 rings (SSSR count). The lowest BCUT2D eigenvalue weighted by Gasteiger charge is -2.28. The molecule has 8 nitrogen and oxygen atoms in total. The summed E-state index contributed by atoms with van der Waals surface area (Å²) in [5.74, 6) is -0.327. The first-order valence-electron chi connectivity index (χ1n) is 27.9. The summed E-state index contributed by atoms with van der Waals surface area (Å²) < 4.78 is 34.8. The second-order valence-corrected chi connectivity index (χ2v) is 21.7. The normalized spacial score (nSPS) is 13.5. The average Bonchev–Trinajstić information content (AvgIpc) is 3.25. The molecule has 0 bridgehead atoms. The number of phosphoric ester groups is 1. The van der Waals surface area contributed by atoms with Crippen molar-refractivity contribution in [3.05, 3.63) is 12.2 Å². The summed E-state index contributed by atoms with van der Waals surface area (Å²) in [5, 5.41) is 0. The Hall–Kier alpha value is -0.760. The van der Waals surface area contributed by atoms with Gasteiger partial charge in [-0.05, 0) is 38.5 Å².